The third kappa shape index (κ3) is 3.20. The van der Waals surface area contributed by atoms with E-state index >= 15 is 0 Å². The van der Waals surface area contributed by atoms with Crippen LogP contribution in [0.25, 0.3) is 0 Å². The lowest BCUT2D eigenvalue weighted by Gasteiger charge is -2.36. The molecule has 1 aromatic heterocycles. The van der Waals surface area contributed by atoms with Gasteiger partial charge < -0.3 is 5.32 Å². The number of aryl methyl sites for hydroxylation is 1. The molecule has 0 aliphatic heterocycles. The number of aromatic amines is 1. The van der Waals surface area contributed by atoms with Gasteiger partial charge in [-0.25, -0.2) is 4.98 Å². The van der Waals surface area contributed by atoms with E-state index in [0.29, 0.717) is 6.04 Å². The maximum Gasteiger partial charge on any atom is 0.137 e. The summed E-state index contributed by atoms with van der Waals surface area (Å²) in [7, 11) is 0. The summed E-state index contributed by atoms with van der Waals surface area (Å²) >= 11 is 0. The zero-order valence-corrected chi connectivity index (χ0v) is 11.0. The van der Waals surface area contributed by atoms with Crippen molar-refractivity contribution in [2.24, 2.45) is 0 Å². The van der Waals surface area contributed by atoms with Crippen molar-refractivity contribution in [2.75, 3.05) is 6.54 Å². The third-order valence-corrected chi connectivity index (χ3v) is 3.90. The second-order valence-electron chi connectivity index (χ2n) is 5.27. The Balaban J connectivity index is 1.32. The molecule has 1 aliphatic rings. The Kier molecular flexibility index (Phi) is 3.89. The average molecular weight is 256 g/mol. The van der Waals surface area contributed by atoms with Crippen LogP contribution in [0.15, 0.2) is 36.7 Å². The first-order valence-electron chi connectivity index (χ1n) is 7.04. The number of rotatable bonds is 6. The van der Waals surface area contributed by atoms with Crippen molar-refractivity contribution in [2.45, 2.75) is 37.6 Å². The summed E-state index contributed by atoms with van der Waals surface area (Å²) in [5, 5.41) is 10.4. The molecule has 2 aromatic rings. The second kappa shape index (κ2) is 5.97. The van der Waals surface area contributed by atoms with Crippen molar-refractivity contribution < 1.29 is 0 Å². The number of aromatic nitrogens is 3. The lowest BCUT2D eigenvalue weighted by atomic mass is 9.76. The van der Waals surface area contributed by atoms with Crippen LogP contribution in [0.2, 0.25) is 0 Å². The Morgan fingerprint density at radius 2 is 2.05 bits per heavy atom. The highest BCUT2D eigenvalue weighted by molar-refractivity contribution is 5.22. The van der Waals surface area contributed by atoms with Crippen LogP contribution in [0.4, 0.5) is 0 Å². The van der Waals surface area contributed by atoms with Gasteiger partial charge in [-0.05, 0) is 37.3 Å². The molecule has 1 saturated carbocycles. The molecule has 1 fully saturated rings. The van der Waals surface area contributed by atoms with Crippen molar-refractivity contribution in [1.29, 1.82) is 0 Å². The minimum atomic E-state index is 0.694. The summed E-state index contributed by atoms with van der Waals surface area (Å²) < 4.78 is 0. The van der Waals surface area contributed by atoms with Crippen molar-refractivity contribution in [3.63, 3.8) is 0 Å². The molecule has 3 rings (SSSR count). The fraction of sp³-hybridized carbons (Fsp3) is 0.467. The van der Waals surface area contributed by atoms with Crippen molar-refractivity contribution in [1.82, 2.24) is 20.5 Å². The lowest BCUT2D eigenvalue weighted by molar-refractivity contribution is 0.290. The molecule has 19 heavy (non-hydrogen) atoms. The minimum absolute atomic E-state index is 0.694. The standard InChI is InChI=1S/C15H20N4/c1-2-5-12(6-3-1)13-9-14(10-13)16-8-4-7-15-17-11-18-19-15/h1-3,5-6,11,13-14,16H,4,7-10H2,(H,17,18,19). The molecule has 1 heterocycles. The number of nitrogens with zero attached hydrogens (tertiary/aromatic N) is 2. The van der Waals surface area contributed by atoms with Crippen LogP contribution in [0.5, 0.6) is 0 Å². The van der Waals surface area contributed by atoms with Gasteiger partial charge >= 0.3 is 0 Å². The van der Waals surface area contributed by atoms with Crippen LogP contribution in [0.1, 0.15) is 36.6 Å². The van der Waals surface area contributed by atoms with Crippen molar-refractivity contribution >= 4 is 0 Å². The molecule has 0 unspecified atom stereocenters. The van der Waals surface area contributed by atoms with Gasteiger partial charge in [0.25, 0.3) is 0 Å². The van der Waals surface area contributed by atoms with Crippen LogP contribution in [-0.2, 0) is 6.42 Å². The smallest absolute Gasteiger partial charge is 0.137 e. The van der Waals surface area contributed by atoms with E-state index in [2.05, 4.69) is 50.8 Å². The fourth-order valence-corrected chi connectivity index (χ4v) is 2.70. The lowest BCUT2D eigenvalue weighted by Crippen LogP contribution is -2.40. The van der Waals surface area contributed by atoms with Gasteiger partial charge in [0.05, 0.1) is 0 Å². The van der Waals surface area contributed by atoms with Crippen LogP contribution in [-0.4, -0.2) is 27.8 Å². The first kappa shape index (κ1) is 12.4. The van der Waals surface area contributed by atoms with Gasteiger partial charge in [0.2, 0.25) is 0 Å². The Labute approximate surface area is 113 Å². The predicted molar refractivity (Wildman–Crippen MR) is 74.9 cm³/mol. The second-order valence-corrected chi connectivity index (χ2v) is 5.27. The van der Waals surface area contributed by atoms with E-state index in [-0.39, 0.29) is 0 Å². The Bertz CT molecular complexity index is 474. The molecule has 100 valence electrons. The minimum Gasteiger partial charge on any atom is -0.314 e. The van der Waals surface area contributed by atoms with Crippen LogP contribution in [0, 0.1) is 0 Å². The molecule has 0 spiro atoms. The fourth-order valence-electron chi connectivity index (χ4n) is 2.70. The number of hydrogen-bond acceptors (Lipinski definition) is 3. The molecule has 0 bridgehead atoms. The Morgan fingerprint density at radius 3 is 2.79 bits per heavy atom. The Morgan fingerprint density at radius 1 is 1.21 bits per heavy atom. The van der Waals surface area contributed by atoms with E-state index in [1.165, 1.54) is 18.4 Å². The molecule has 4 nitrogen and oxygen atoms in total. The van der Waals surface area contributed by atoms with Crippen LogP contribution < -0.4 is 5.32 Å². The summed E-state index contributed by atoms with van der Waals surface area (Å²) in [6.07, 6.45) is 6.20. The molecule has 0 amide bonds. The van der Waals surface area contributed by atoms with E-state index in [1.807, 2.05) is 0 Å². The van der Waals surface area contributed by atoms with Gasteiger partial charge in [-0.3, -0.25) is 5.10 Å². The van der Waals surface area contributed by atoms with E-state index in [0.717, 1.165) is 31.1 Å². The van der Waals surface area contributed by atoms with Gasteiger partial charge in [0.15, 0.2) is 0 Å². The quantitative estimate of drug-likeness (QED) is 0.780. The molecular weight excluding hydrogens is 236 g/mol. The summed E-state index contributed by atoms with van der Waals surface area (Å²) in [4.78, 5) is 4.12. The molecule has 4 heteroatoms. The van der Waals surface area contributed by atoms with E-state index in [9.17, 15) is 0 Å². The van der Waals surface area contributed by atoms with Crippen LogP contribution >= 0.6 is 0 Å². The highest BCUT2D eigenvalue weighted by atomic mass is 15.2. The van der Waals surface area contributed by atoms with Gasteiger partial charge in [0.1, 0.15) is 12.2 Å². The maximum atomic E-state index is 4.12. The Hall–Kier alpha value is -1.68. The summed E-state index contributed by atoms with van der Waals surface area (Å²) in [5.74, 6) is 1.74. The first-order valence-corrected chi connectivity index (χ1v) is 7.04. The molecule has 1 aliphatic carbocycles. The maximum absolute atomic E-state index is 4.12. The normalized spacial score (nSPS) is 22.1. The first-order chi connectivity index (χ1) is 9.42. The average Bonchev–Trinajstić information content (AvgIpc) is 2.90. The van der Waals surface area contributed by atoms with E-state index in [4.69, 9.17) is 0 Å². The number of H-pyrrole nitrogens is 1. The van der Waals surface area contributed by atoms with Gasteiger partial charge in [-0.15, -0.1) is 0 Å². The number of benzene rings is 1. The molecule has 0 radical (unpaired) electrons. The topological polar surface area (TPSA) is 53.6 Å². The monoisotopic (exact) mass is 256 g/mol. The predicted octanol–water partition coefficient (Wildman–Crippen LogP) is 2.27. The molecule has 2 N–H and O–H groups in total. The molecular formula is C15H20N4. The third-order valence-electron chi connectivity index (χ3n) is 3.90. The molecule has 0 atom stereocenters. The van der Waals surface area contributed by atoms with Gasteiger partial charge in [-0.2, -0.15) is 5.10 Å². The molecule has 1 aromatic carbocycles. The van der Waals surface area contributed by atoms with Crippen molar-refractivity contribution in [3.05, 3.63) is 48.0 Å². The highest BCUT2D eigenvalue weighted by Crippen LogP contribution is 2.36. The highest BCUT2D eigenvalue weighted by Gasteiger charge is 2.29. The largest absolute Gasteiger partial charge is 0.314 e. The van der Waals surface area contributed by atoms with Crippen molar-refractivity contribution in [3.8, 4) is 0 Å². The summed E-state index contributed by atoms with van der Waals surface area (Å²) in [5.41, 5.74) is 1.49. The SMILES string of the molecule is c1ccc(C2CC(NCCCc3ncn[nH]3)C2)cc1. The van der Waals surface area contributed by atoms with Crippen LogP contribution in [0.3, 0.4) is 0 Å². The zero-order chi connectivity index (χ0) is 12.9. The number of hydrogen-bond donors (Lipinski definition) is 2. The summed E-state index contributed by atoms with van der Waals surface area (Å²) in [6.45, 7) is 1.06. The molecule has 0 saturated heterocycles. The summed E-state index contributed by atoms with van der Waals surface area (Å²) in [6, 6.07) is 11.5. The number of nitrogens with one attached hydrogen (secondary N) is 2. The zero-order valence-electron chi connectivity index (χ0n) is 11.0. The van der Waals surface area contributed by atoms with Gasteiger partial charge in [-0.1, -0.05) is 30.3 Å². The van der Waals surface area contributed by atoms with E-state index < -0.39 is 0 Å². The van der Waals surface area contributed by atoms with E-state index in [1.54, 1.807) is 6.33 Å². The van der Waals surface area contributed by atoms with Gasteiger partial charge in [0, 0.05) is 12.5 Å².